The van der Waals surface area contributed by atoms with Crippen molar-refractivity contribution in [3.05, 3.63) is 47.2 Å². The van der Waals surface area contributed by atoms with Gasteiger partial charge in [0.2, 0.25) is 0 Å². The molecule has 2 aromatic rings. The molecule has 0 aromatic heterocycles. The van der Waals surface area contributed by atoms with E-state index < -0.39 is 0 Å². The predicted octanol–water partition coefficient (Wildman–Crippen LogP) is 3.40. The molecule has 0 spiro atoms. The van der Waals surface area contributed by atoms with Crippen LogP contribution in [0.15, 0.2) is 36.4 Å². The summed E-state index contributed by atoms with van der Waals surface area (Å²) in [5.41, 5.74) is 7.71. The number of hydrogen-bond acceptors (Lipinski definition) is 4. The van der Waals surface area contributed by atoms with Crippen molar-refractivity contribution in [3.63, 3.8) is 0 Å². The Bertz CT molecular complexity index is 685. The molecular formula is C17H19ClFN3O. The van der Waals surface area contributed by atoms with E-state index in [1.54, 1.807) is 6.07 Å². The third kappa shape index (κ3) is 3.29. The molecule has 1 aliphatic rings. The largest absolute Gasteiger partial charge is 0.495 e. The Balaban J connectivity index is 1.73. The van der Waals surface area contributed by atoms with E-state index in [-0.39, 0.29) is 5.82 Å². The summed E-state index contributed by atoms with van der Waals surface area (Å²) in [5, 5.41) is 0.725. The molecule has 0 bridgehead atoms. The van der Waals surface area contributed by atoms with Gasteiger partial charge in [0.25, 0.3) is 0 Å². The summed E-state index contributed by atoms with van der Waals surface area (Å²) in [5.74, 6) is 0.185. The monoisotopic (exact) mass is 335 g/mol. The summed E-state index contributed by atoms with van der Waals surface area (Å²) in [6.07, 6.45) is 0. The van der Waals surface area contributed by atoms with Crippen LogP contribution in [0.5, 0.6) is 5.75 Å². The van der Waals surface area contributed by atoms with Crippen LogP contribution in [0.2, 0.25) is 5.02 Å². The van der Waals surface area contributed by atoms with Gasteiger partial charge in [0.15, 0.2) is 0 Å². The maximum absolute atomic E-state index is 14.2. The van der Waals surface area contributed by atoms with Crippen molar-refractivity contribution in [3.8, 4) is 5.75 Å². The molecule has 2 aromatic carbocycles. The smallest absolute Gasteiger partial charge is 0.148 e. The number of methoxy groups -OCH3 is 1. The first-order chi connectivity index (χ1) is 11.1. The van der Waals surface area contributed by atoms with Crippen molar-refractivity contribution in [1.29, 1.82) is 0 Å². The highest BCUT2D eigenvalue weighted by atomic mass is 35.5. The summed E-state index contributed by atoms with van der Waals surface area (Å²) in [6, 6.07) is 10.8. The molecule has 1 saturated heterocycles. The van der Waals surface area contributed by atoms with Crippen LogP contribution < -0.4 is 20.3 Å². The second-order valence-corrected chi connectivity index (χ2v) is 5.93. The molecule has 0 amide bonds. The lowest BCUT2D eigenvalue weighted by Gasteiger charge is -2.37. The highest BCUT2D eigenvalue weighted by Crippen LogP contribution is 2.31. The molecular weight excluding hydrogens is 317 g/mol. The van der Waals surface area contributed by atoms with E-state index in [2.05, 4.69) is 4.90 Å². The number of halogens is 2. The van der Waals surface area contributed by atoms with Crippen LogP contribution in [-0.2, 0) is 0 Å². The lowest BCUT2D eigenvalue weighted by molar-refractivity contribution is 0.416. The van der Waals surface area contributed by atoms with Gasteiger partial charge in [-0.15, -0.1) is 0 Å². The molecule has 122 valence electrons. The van der Waals surface area contributed by atoms with Gasteiger partial charge in [-0.2, -0.15) is 0 Å². The van der Waals surface area contributed by atoms with Gasteiger partial charge in [-0.25, -0.2) is 4.39 Å². The molecule has 6 heteroatoms. The number of piperazine rings is 1. The molecule has 0 aliphatic carbocycles. The van der Waals surface area contributed by atoms with Gasteiger partial charge < -0.3 is 20.3 Å². The standard InChI is InChI=1S/C17H19ClFN3O/c1-23-17-11-16(14(19)10-15(17)20)22-8-6-21(7-9-22)13-4-2-12(18)3-5-13/h2-5,10-11H,6-9,20H2,1H3. The number of nitrogen functional groups attached to an aromatic ring is 1. The van der Waals surface area contributed by atoms with Gasteiger partial charge in [-0.3, -0.25) is 0 Å². The van der Waals surface area contributed by atoms with Crippen LogP contribution in [0, 0.1) is 5.82 Å². The molecule has 0 unspecified atom stereocenters. The fourth-order valence-electron chi connectivity index (χ4n) is 2.83. The normalized spacial score (nSPS) is 14.9. The first-order valence-corrected chi connectivity index (χ1v) is 7.85. The Hall–Kier alpha value is -2.14. The minimum Gasteiger partial charge on any atom is -0.495 e. The first kappa shape index (κ1) is 15.7. The summed E-state index contributed by atoms with van der Waals surface area (Å²) in [7, 11) is 1.53. The van der Waals surface area contributed by atoms with Crippen LogP contribution in [0.1, 0.15) is 0 Å². The predicted molar refractivity (Wildman–Crippen MR) is 93.2 cm³/mol. The van der Waals surface area contributed by atoms with Crippen molar-refractivity contribution in [2.24, 2.45) is 0 Å². The summed E-state index contributed by atoms with van der Waals surface area (Å²) in [6.45, 7) is 3.08. The number of benzene rings is 2. The SMILES string of the molecule is COc1cc(N2CCN(c3ccc(Cl)cc3)CC2)c(F)cc1N. The molecule has 23 heavy (non-hydrogen) atoms. The van der Waals surface area contributed by atoms with Crippen LogP contribution in [0.25, 0.3) is 0 Å². The second-order valence-electron chi connectivity index (χ2n) is 5.50. The average molecular weight is 336 g/mol. The van der Waals surface area contributed by atoms with Crippen molar-refractivity contribution in [2.45, 2.75) is 0 Å². The van der Waals surface area contributed by atoms with Crippen molar-refractivity contribution >= 4 is 28.7 Å². The Labute approximate surface area is 140 Å². The van der Waals surface area contributed by atoms with Crippen molar-refractivity contribution < 1.29 is 9.13 Å². The van der Waals surface area contributed by atoms with E-state index in [1.807, 2.05) is 29.2 Å². The third-order valence-corrected chi connectivity index (χ3v) is 4.36. The quantitative estimate of drug-likeness (QED) is 0.873. The summed E-state index contributed by atoms with van der Waals surface area (Å²) in [4.78, 5) is 4.28. The molecule has 0 saturated carbocycles. The summed E-state index contributed by atoms with van der Waals surface area (Å²) >= 11 is 5.92. The topological polar surface area (TPSA) is 41.7 Å². The van der Waals surface area contributed by atoms with Crippen LogP contribution in [-0.4, -0.2) is 33.3 Å². The molecule has 1 heterocycles. The first-order valence-electron chi connectivity index (χ1n) is 7.47. The number of nitrogens with zero attached hydrogens (tertiary/aromatic N) is 2. The van der Waals surface area contributed by atoms with E-state index >= 15 is 0 Å². The zero-order chi connectivity index (χ0) is 16.4. The Kier molecular flexibility index (Phi) is 4.48. The second kappa shape index (κ2) is 6.54. The highest BCUT2D eigenvalue weighted by Gasteiger charge is 2.21. The molecule has 1 aliphatic heterocycles. The number of anilines is 3. The fraction of sp³-hybridized carbons (Fsp3) is 0.294. The maximum Gasteiger partial charge on any atom is 0.148 e. The number of nitrogens with two attached hydrogens (primary N) is 1. The minimum absolute atomic E-state index is 0.313. The molecule has 1 fully saturated rings. The average Bonchev–Trinajstić information content (AvgIpc) is 2.56. The molecule has 0 atom stereocenters. The molecule has 4 nitrogen and oxygen atoms in total. The zero-order valence-electron chi connectivity index (χ0n) is 12.9. The Morgan fingerprint density at radius 2 is 1.65 bits per heavy atom. The lowest BCUT2D eigenvalue weighted by atomic mass is 10.2. The third-order valence-electron chi connectivity index (χ3n) is 4.11. The molecule has 2 N–H and O–H groups in total. The van der Waals surface area contributed by atoms with Gasteiger partial charge in [0.05, 0.1) is 18.5 Å². The Morgan fingerprint density at radius 3 is 2.26 bits per heavy atom. The molecule has 3 rings (SSSR count). The van der Waals surface area contributed by atoms with E-state index in [0.29, 0.717) is 17.1 Å². The Morgan fingerprint density at radius 1 is 1.04 bits per heavy atom. The van der Waals surface area contributed by atoms with E-state index in [1.165, 1.54) is 13.2 Å². The van der Waals surface area contributed by atoms with Gasteiger partial charge in [-0.05, 0) is 24.3 Å². The van der Waals surface area contributed by atoms with Crippen LogP contribution >= 0.6 is 11.6 Å². The molecule has 0 radical (unpaired) electrons. The van der Waals surface area contributed by atoms with Crippen molar-refractivity contribution in [2.75, 3.05) is 48.8 Å². The number of hydrogen-bond donors (Lipinski definition) is 1. The van der Waals surface area contributed by atoms with Crippen LogP contribution in [0.3, 0.4) is 0 Å². The number of ether oxygens (including phenoxy) is 1. The van der Waals surface area contributed by atoms with Gasteiger partial charge >= 0.3 is 0 Å². The zero-order valence-corrected chi connectivity index (χ0v) is 13.7. The highest BCUT2D eigenvalue weighted by molar-refractivity contribution is 6.30. The van der Waals surface area contributed by atoms with Gasteiger partial charge in [0, 0.05) is 49.0 Å². The maximum atomic E-state index is 14.2. The number of rotatable bonds is 3. The van der Waals surface area contributed by atoms with Gasteiger partial charge in [-0.1, -0.05) is 11.6 Å². The van der Waals surface area contributed by atoms with E-state index in [0.717, 1.165) is 36.9 Å². The van der Waals surface area contributed by atoms with Gasteiger partial charge in [0.1, 0.15) is 11.6 Å². The van der Waals surface area contributed by atoms with Crippen LogP contribution in [0.4, 0.5) is 21.5 Å². The van der Waals surface area contributed by atoms with E-state index in [9.17, 15) is 4.39 Å². The fourth-order valence-corrected chi connectivity index (χ4v) is 2.96. The lowest BCUT2D eigenvalue weighted by Crippen LogP contribution is -2.46. The van der Waals surface area contributed by atoms with E-state index in [4.69, 9.17) is 22.1 Å². The van der Waals surface area contributed by atoms with Crippen molar-refractivity contribution in [1.82, 2.24) is 0 Å². The summed E-state index contributed by atoms with van der Waals surface area (Å²) < 4.78 is 19.4. The minimum atomic E-state index is -0.316.